The molecule has 208 valence electrons. The normalized spacial score (nSPS) is 23.6. The van der Waals surface area contributed by atoms with Crippen LogP contribution in [0, 0.1) is 17.8 Å². The minimum atomic E-state index is -0.929. The zero-order chi connectivity index (χ0) is 28.8. The summed E-state index contributed by atoms with van der Waals surface area (Å²) in [5.74, 6) is -2.67. The first-order valence-corrected chi connectivity index (χ1v) is 14.3. The summed E-state index contributed by atoms with van der Waals surface area (Å²) in [6.45, 7) is 0.123. The van der Waals surface area contributed by atoms with Crippen molar-refractivity contribution >= 4 is 50.6 Å². The van der Waals surface area contributed by atoms with Crippen LogP contribution in [0.4, 0.5) is 5.69 Å². The number of hydrogen-bond donors (Lipinski definition) is 0. The molecule has 1 saturated heterocycles. The van der Waals surface area contributed by atoms with Crippen molar-refractivity contribution in [3.05, 3.63) is 114 Å². The topological polar surface area (TPSA) is 82.1 Å². The van der Waals surface area contributed by atoms with E-state index in [4.69, 9.17) is 14.2 Å². The molecular weight excluding hydrogens is 542 g/mol. The van der Waals surface area contributed by atoms with E-state index in [0.717, 1.165) is 32.7 Å². The third-order valence-corrected chi connectivity index (χ3v) is 9.26. The Morgan fingerprint density at radius 2 is 1.42 bits per heavy atom. The van der Waals surface area contributed by atoms with E-state index in [9.17, 15) is 14.4 Å². The van der Waals surface area contributed by atoms with Crippen LogP contribution in [-0.2, 0) is 14.4 Å². The summed E-state index contributed by atoms with van der Waals surface area (Å²) in [6, 6.07) is 30.6. The van der Waals surface area contributed by atoms with Gasteiger partial charge in [0.1, 0.15) is 5.75 Å². The van der Waals surface area contributed by atoms with Crippen LogP contribution in [0.25, 0.3) is 27.1 Å². The molecule has 0 unspecified atom stereocenters. The minimum absolute atomic E-state index is 0.123. The molecule has 9 rings (SSSR count). The molecule has 43 heavy (non-hydrogen) atoms. The van der Waals surface area contributed by atoms with Crippen molar-refractivity contribution in [2.45, 2.75) is 5.92 Å². The number of carbonyl (C=O) groups excluding carboxylic acids is 3. The van der Waals surface area contributed by atoms with Gasteiger partial charge in [0.2, 0.25) is 18.6 Å². The Labute approximate surface area is 245 Å². The number of rotatable bonds is 2. The molecule has 5 aromatic rings. The van der Waals surface area contributed by atoms with Crippen molar-refractivity contribution in [3.63, 3.8) is 0 Å². The highest BCUT2D eigenvalue weighted by Crippen LogP contribution is 2.56. The van der Waals surface area contributed by atoms with Crippen LogP contribution in [0.5, 0.6) is 17.2 Å². The van der Waals surface area contributed by atoms with E-state index in [-0.39, 0.29) is 12.7 Å². The van der Waals surface area contributed by atoms with Crippen molar-refractivity contribution in [2.75, 3.05) is 11.7 Å². The summed E-state index contributed by atoms with van der Waals surface area (Å²) in [7, 11) is 0. The molecule has 7 heteroatoms. The van der Waals surface area contributed by atoms with E-state index in [1.807, 2.05) is 97.1 Å². The summed E-state index contributed by atoms with van der Waals surface area (Å²) in [6.07, 6.45) is 1.99. The number of nitrogens with zero attached hydrogens (tertiary/aromatic N) is 1. The Morgan fingerprint density at radius 1 is 0.674 bits per heavy atom. The Balaban J connectivity index is 1.24. The van der Waals surface area contributed by atoms with Gasteiger partial charge in [-0.1, -0.05) is 78.9 Å². The van der Waals surface area contributed by atoms with Gasteiger partial charge in [-0.05, 0) is 51.6 Å². The lowest BCUT2D eigenvalue weighted by Gasteiger charge is -2.38. The Hall–Kier alpha value is -5.43. The van der Waals surface area contributed by atoms with E-state index in [1.54, 1.807) is 6.07 Å². The van der Waals surface area contributed by atoms with Gasteiger partial charge in [0.15, 0.2) is 11.5 Å². The molecule has 5 aromatic carbocycles. The van der Waals surface area contributed by atoms with Crippen molar-refractivity contribution in [2.24, 2.45) is 17.8 Å². The second-order valence-electron chi connectivity index (χ2n) is 11.4. The van der Waals surface area contributed by atoms with E-state index in [2.05, 4.69) is 0 Å². The van der Waals surface area contributed by atoms with Gasteiger partial charge in [-0.25, -0.2) is 4.90 Å². The van der Waals surface area contributed by atoms with Crippen LogP contribution in [0.1, 0.15) is 17.0 Å². The predicted molar refractivity (Wildman–Crippen MR) is 160 cm³/mol. The number of imide groups is 1. The molecule has 7 nitrogen and oxygen atoms in total. The lowest BCUT2D eigenvalue weighted by molar-refractivity contribution is -0.142. The molecule has 0 aromatic heterocycles. The van der Waals surface area contributed by atoms with Gasteiger partial charge in [-0.15, -0.1) is 0 Å². The van der Waals surface area contributed by atoms with Gasteiger partial charge in [0.05, 0.1) is 23.4 Å². The molecule has 0 N–H and O–H groups in total. The fourth-order valence-corrected chi connectivity index (χ4v) is 7.30. The Kier molecular flexibility index (Phi) is 4.94. The number of benzene rings is 5. The SMILES string of the molecule is O=C1Oc2c(ccc3ccccc23)C2=C[C@H](c3ccc4c(c3)OCO4)[C@@H]3C(=O)N(c4ccc5ccccc5c4)C(=O)[C@H]3[C@@H]12. The molecule has 1 fully saturated rings. The van der Waals surface area contributed by atoms with Gasteiger partial charge in [0.25, 0.3) is 0 Å². The number of amides is 2. The maximum absolute atomic E-state index is 14.4. The van der Waals surface area contributed by atoms with Gasteiger partial charge in [0, 0.05) is 16.9 Å². The molecule has 2 amide bonds. The molecule has 4 aliphatic rings. The monoisotopic (exact) mass is 565 g/mol. The molecule has 0 bridgehead atoms. The number of carbonyl (C=O) groups is 3. The van der Waals surface area contributed by atoms with E-state index in [0.29, 0.717) is 28.5 Å². The summed E-state index contributed by atoms with van der Waals surface area (Å²) in [5.41, 5.74) is 2.77. The van der Waals surface area contributed by atoms with Crippen molar-refractivity contribution in [1.82, 2.24) is 0 Å². The van der Waals surface area contributed by atoms with Gasteiger partial charge >= 0.3 is 5.97 Å². The van der Waals surface area contributed by atoms with Crippen LogP contribution >= 0.6 is 0 Å². The number of ether oxygens (including phenoxy) is 3. The second-order valence-corrected chi connectivity index (χ2v) is 11.4. The fourth-order valence-electron chi connectivity index (χ4n) is 7.30. The first-order chi connectivity index (χ1) is 21.1. The summed E-state index contributed by atoms with van der Waals surface area (Å²) < 4.78 is 17.2. The number of fused-ring (bicyclic) bond motifs is 9. The van der Waals surface area contributed by atoms with Crippen molar-refractivity contribution in [1.29, 1.82) is 0 Å². The Morgan fingerprint density at radius 3 is 2.30 bits per heavy atom. The van der Waals surface area contributed by atoms with E-state index in [1.165, 1.54) is 4.90 Å². The van der Waals surface area contributed by atoms with Crippen LogP contribution in [-0.4, -0.2) is 24.6 Å². The molecule has 3 aliphatic heterocycles. The zero-order valence-electron chi connectivity index (χ0n) is 22.7. The number of esters is 1. The largest absolute Gasteiger partial charge is 0.454 e. The third kappa shape index (κ3) is 3.39. The van der Waals surface area contributed by atoms with E-state index < -0.39 is 35.5 Å². The molecule has 4 atom stereocenters. The second kappa shape index (κ2) is 8.79. The van der Waals surface area contributed by atoms with Gasteiger partial charge in [-0.3, -0.25) is 14.4 Å². The van der Waals surface area contributed by atoms with Crippen molar-refractivity contribution < 1.29 is 28.6 Å². The first-order valence-electron chi connectivity index (χ1n) is 14.3. The van der Waals surface area contributed by atoms with Gasteiger partial charge in [-0.2, -0.15) is 0 Å². The quantitative estimate of drug-likeness (QED) is 0.143. The average Bonchev–Trinajstić information content (AvgIpc) is 3.61. The first kappa shape index (κ1) is 24.2. The highest BCUT2D eigenvalue weighted by atomic mass is 16.7. The standard InChI is InChI=1S/C36H23NO6/c38-34-30-26(22-11-14-28-29(16-22)42-18-41-28)17-27-25-13-10-20-6-3-4-8-24(20)33(25)43-36(40)31(27)32(30)35(39)37(34)23-12-9-19-5-1-2-7-21(19)15-23/h1-17,26,30-32H,18H2/t26-,30+,31+,32-/m1/s1. The Bertz CT molecular complexity index is 2100. The highest BCUT2D eigenvalue weighted by molar-refractivity contribution is 6.25. The maximum atomic E-state index is 14.4. The zero-order valence-corrected chi connectivity index (χ0v) is 22.7. The smallest absolute Gasteiger partial charge is 0.319 e. The molecule has 3 heterocycles. The minimum Gasteiger partial charge on any atom is -0.454 e. The molecular formula is C36H23NO6. The highest BCUT2D eigenvalue weighted by Gasteiger charge is 2.60. The van der Waals surface area contributed by atoms with Crippen molar-refractivity contribution in [3.8, 4) is 17.2 Å². The molecule has 0 saturated carbocycles. The van der Waals surface area contributed by atoms with Crippen LogP contribution in [0.2, 0.25) is 0 Å². The third-order valence-electron chi connectivity index (χ3n) is 9.26. The van der Waals surface area contributed by atoms with Crippen LogP contribution < -0.4 is 19.1 Å². The molecule has 1 aliphatic carbocycles. The fraction of sp³-hybridized carbons (Fsp3) is 0.139. The number of anilines is 1. The van der Waals surface area contributed by atoms with Crippen LogP contribution in [0.15, 0.2) is 103 Å². The predicted octanol–water partition coefficient (Wildman–Crippen LogP) is 6.24. The molecule has 0 spiro atoms. The van der Waals surface area contributed by atoms with E-state index >= 15 is 0 Å². The average molecular weight is 566 g/mol. The number of hydrogen-bond acceptors (Lipinski definition) is 6. The molecule has 0 radical (unpaired) electrons. The summed E-state index contributed by atoms with van der Waals surface area (Å²) in [5, 5.41) is 3.69. The van der Waals surface area contributed by atoms with Crippen LogP contribution in [0.3, 0.4) is 0 Å². The summed E-state index contributed by atoms with van der Waals surface area (Å²) >= 11 is 0. The number of allylic oxidation sites excluding steroid dienone is 1. The lowest BCUT2D eigenvalue weighted by atomic mass is 9.64. The maximum Gasteiger partial charge on any atom is 0.319 e. The lowest BCUT2D eigenvalue weighted by Crippen LogP contribution is -2.42. The van der Waals surface area contributed by atoms with Gasteiger partial charge < -0.3 is 14.2 Å². The summed E-state index contributed by atoms with van der Waals surface area (Å²) in [4.78, 5) is 43.9.